The predicted octanol–water partition coefficient (Wildman–Crippen LogP) is 4.95. The molecule has 1 aromatic heterocycles. The average molecular weight is 506 g/mol. The van der Waals surface area contributed by atoms with E-state index >= 15 is 0 Å². The van der Waals surface area contributed by atoms with Crippen LogP contribution in [0.5, 0.6) is 0 Å². The highest BCUT2D eigenvalue weighted by atomic mass is 16.5. The molecule has 5 rings (SSSR count). The third-order valence-corrected chi connectivity index (χ3v) is 8.00. The molecule has 196 valence electrons. The molecular weight excluding hydrogens is 470 g/mol. The number of ether oxygens (including phenoxy) is 2. The number of carboxylic acid groups (broad SMARTS) is 1. The number of hydrogen-bond donors (Lipinski definition) is 1. The standard InChI is InChI=1S/C29H35N3O5/c1-36-18-23(16-19-6-4-3-5-7-19)32-25-13-12-20-14-15-31(29(35)37-2)17-24(20)26(25)30-27(32)21-8-10-22(11-9-21)28(33)34/h3-7,12-13,21-23H,8-11,14-18H2,1-2H3,(H,33,34)/t21?,22?,23-/m0/s1. The summed E-state index contributed by atoms with van der Waals surface area (Å²) in [5, 5.41) is 9.53. The molecule has 0 bridgehead atoms. The number of benzene rings is 2. The van der Waals surface area contributed by atoms with Gasteiger partial charge >= 0.3 is 12.1 Å². The zero-order valence-corrected chi connectivity index (χ0v) is 21.6. The van der Waals surface area contributed by atoms with Crippen molar-refractivity contribution in [3.63, 3.8) is 0 Å². The second kappa shape index (κ2) is 10.9. The summed E-state index contributed by atoms with van der Waals surface area (Å²) in [5.74, 6) is 0.189. The lowest BCUT2D eigenvalue weighted by atomic mass is 9.81. The number of nitrogens with zero attached hydrogens (tertiary/aromatic N) is 3. The zero-order chi connectivity index (χ0) is 25.9. The molecule has 3 aromatic rings. The highest BCUT2D eigenvalue weighted by molar-refractivity contribution is 5.82. The second-order valence-electron chi connectivity index (χ2n) is 10.2. The molecule has 0 spiro atoms. The Morgan fingerprint density at radius 3 is 2.51 bits per heavy atom. The van der Waals surface area contributed by atoms with E-state index in [2.05, 4.69) is 41.0 Å². The van der Waals surface area contributed by atoms with Crippen molar-refractivity contribution in [1.29, 1.82) is 0 Å². The lowest BCUT2D eigenvalue weighted by Crippen LogP contribution is -2.35. The minimum Gasteiger partial charge on any atom is -0.481 e. The van der Waals surface area contributed by atoms with Crippen LogP contribution in [0, 0.1) is 5.92 Å². The number of methoxy groups -OCH3 is 2. The SMILES string of the molecule is COC[C@H](Cc1ccccc1)n1c(C2CCC(C(=O)O)CC2)nc2c3c(ccc21)CCN(C(=O)OC)C3. The molecular formula is C29H35N3O5. The number of fused-ring (bicyclic) bond motifs is 3. The van der Waals surface area contributed by atoms with Gasteiger partial charge in [0.05, 0.1) is 43.3 Å². The molecule has 37 heavy (non-hydrogen) atoms. The predicted molar refractivity (Wildman–Crippen MR) is 140 cm³/mol. The van der Waals surface area contributed by atoms with Crippen LogP contribution in [0.4, 0.5) is 4.79 Å². The van der Waals surface area contributed by atoms with Crippen molar-refractivity contribution in [2.75, 3.05) is 27.4 Å². The van der Waals surface area contributed by atoms with Crippen molar-refractivity contribution in [2.45, 2.75) is 57.0 Å². The van der Waals surface area contributed by atoms with E-state index < -0.39 is 5.97 Å². The van der Waals surface area contributed by atoms with E-state index in [-0.39, 0.29) is 24.0 Å². The Morgan fingerprint density at radius 1 is 1.08 bits per heavy atom. The van der Waals surface area contributed by atoms with E-state index in [1.54, 1.807) is 12.0 Å². The molecule has 1 saturated carbocycles. The highest BCUT2D eigenvalue weighted by Gasteiger charge is 2.33. The molecule has 0 unspecified atom stereocenters. The summed E-state index contributed by atoms with van der Waals surface area (Å²) in [7, 11) is 3.14. The smallest absolute Gasteiger partial charge is 0.409 e. The summed E-state index contributed by atoms with van der Waals surface area (Å²) in [6, 6.07) is 14.8. The first kappa shape index (κ1) is 25.3. The summed E-state index contributed by atoms with van der Waals surface area (Å²) in [6.45, 7) is 1.62. The van der Waals surface area contributed by atoms with Crippen molar-refractivity contribution < 1.29 is 24.2 Å². The third-order valence-electron chi connectivity index (χ3n) is 8.00. The molecule has 0 radical (unpaired) electrons. The first-order chi connectivity index (χ1) is 18.0. The van der Waals surface area contributed by atoms with E-state index in [1.807, 2.05) is 6.07 Å². The molecule has 1 amide bonds. The van der Waals surface area contributed by atoms with Crippen LogP contribution in [0.2, 0.25) is 0 Å². The number of hydrogen-bond acceptors (Lipinski definition) is 5. The lowest BCUT2D eigenvalue weighted by molar-refractivity contribution is -0.142. The summed E-state index contributed by atoms with van der Waals surface area (Å²) in [5.41, 5.74) is 5.48. The monoisotopic (exact) mass is 505 g/mol. The molecule has 1 N–H and O–H groups in total. The molecule has 2 heterocycles. The van der Waals surface area contributed by atoms with Crippen LogP contribution in [0.3, 0.4) is 0 Å². The van der Waals surface area contributed by atoms with E-state index in [9.17, 15) is 14.7 Å². The average Bonchev–Trinajstić information content (AvgIpc) is 3.33. The number of amides is 1. The van der Waals surface area contributed by atoms with Crippen LogP contribution < -0.4 is 0 Å². The summed E-state index contributed by atoms with van der Waals surface area (Å²) in [6.07, 6.45) is 4.14. The molecule has 1 fully saturated rings. The van der Waals surface area contributed by atoms with E-state index in [0.29, 0.717) is 32.5 Å². The van der Waals surface area contributed by atoms with E-state index in [4.69, 9.17) is 14.5 Å². The molecule has 1 aliphatic carbocycles. The van der Waals surface area contributed by atoms with Gasteiger partial charge in [-0.1, -0.05) is 36.4 Å². The Balaban J connectivity index is 1.60. The largest absolute Gasteiger partial charge is 0.481 e. The minimum absolute atomic E-state index is 0.0305. The highest BCUT2D eigenvalue weighted by Crippen LogP contribution is 2.40. The fraction of sp³-hybridized carbons (Fsp3) is 0.483. The first-order valence-corrected chi connectivity index (χ1v) is 13.1. The zero-order valence-electron chi connectivity index (χ0n) is 21.6. The number of carbonyl (C=O) groups is 2. The van der Waals surface area contributed by atoms with Crippen LogP contribution >= 0.6 is 0 Å². The molecule has 2 aromatic carbocycles. The second-order valence-corrected chi connectivity index (χ2v) is 10.2. The Kier molecular flexibility index (Phi) is 7.46. The van der Waals surface area contributed by atoms with Gasteiger partial charge in [0, 0.05) is 25.1 Å². The van der Waals surface area contributed by atoms with Gasteiger partial charge in [-0.2, -0.15) is 0 Å². The number of aromatic nitrogens is 2. The van der Waals surface area contributed by atoms with Crippen LogP contribution in [-0.2, 0) is 33.7 Å². The van der Waals surface area contributed by atoms with Crippen molar-refractivity contribution in [2.24, 2.45) is 5.92 Å². The number of carboxylic acids is 1. The van der Waals surface area contributed by atoms with Crippen molar-refractivity contribution in [3.8, 4) is 0 Å². The summed E-state index contributed by atoms with van der Waals surface area (Å²) < 4.78 is 13.1. The van der Waals surface area contributed by atoms with Gasteiger partial charge in [-0.05, 0) is 55.7 Å². The van der Waals surface area contributed by atoms with Gasteiger partial charge < -0.3 is 24.0 Å². The molecule has 8 nitrogen and oxygen atoms in total. The Labute approximate surface area is 217 Å². The number of aliphatic carboxylic acids is 1. The topological polar surface area (TPSA) is 93.9 Å². The van der Waals surface area contributed by atoms with Gasteiger partial charge in [0.1, 0.15) is 5.82 Å². The maximum absolute atomic E-state index is 12.3. The van der Waals surface area contributed by atoms with Gasteiger partial charge in [0.25, 0.3) is 0 Å². The van der Waals surface area contributed by atoms with Gasteiger partial charge in [-0.3, -0.25) is 4.79 Å². The molecule has 1 atom stereocenters. The van der Waals surface area contributed by atoms with Crippen LogP contribution in [-0.4, -0.2) is 59.0 Å². The van der Waals surface area contributed by atoms with Crippen molar-refractivity contribution >= 4 is 23.1 Å². The molecule has 0 saturated heterocycles. The quantitative estimate of drug-likeness (QED) is 0.488. The van der Waals surface area contributed by atoms with E-state index in [0.717, 1.165) is 48.1 Å². The fourth-order valence-corrected chi connectivity index (χ4v) is 6.07. The van der Waals surface area contributed by atoms with Gasteiger partial charge in [-0.15, -0.1) is 0 Å². The summed E-state index contributed by atoms with van der Waals surface area (Å²) >= 11 is 0. The number of imidazole rings is 1. The van der Waals surface area contributed by atoms with Gasteiger partial charge in [0.2, 0.25) is 0 Å². The Morgan fingerprint density at radius 2 is 1.84 bits per heavy atom. The maximum atomic E-state index is 12.3. The molecule has 2 aliphatic rings. The van der Waals surface area contributed by atoms with E-state index in [1.165, 1.54) is 18.2 Å². The molecule has 1 aliphatic heterocycles. The Hall–Kier alpha value is -3.39. The first-order valence-electron chi connectivity index (χ1n) is 13.1. The maximum Gasteiger partial charge on any atom is 0.409 e. The minimum atomic E-state index is -0.703. The molecule has 8 heteroatoms. The number of rotatable bonds is 7. The van der Waals surface area contributed by atoms with Crippen molar-refractivity contribution in [1.82, 2.24) is 14.5 Å². The van der Waals surface area contributed by atoms with Crippen LogP contribution in [0.1, 0.15) is 60.2 Å². The van der Waals surface area contributed by atoms with Crippen LogP contribution in [0.25, 0.3) is 11.0 Å². The lowest BCUT2D eigenvalue weighted by Gasteiger charge is -2.29. The third kappa shape index (κ3) is 5.07. The summed E-state index contributed by atoms with van der Waals surface area (Å²) in [4.78, 5) is 30.9. The Bertz CT molecular complexity index is 1260. The normalized spacial score (nSPS) is 20.4. The fourth-order valence-electron chi connectivity index (χ4n) is 6.07. The van der Waals surface area contributed by atoms with Gasteiger partial charge in [-0.25, -0.2) is 9.78 Å². The van der Waals surface area contributed by atoms with Crippen LogP contribution in [0.15, 0.2) is 42.5 Å². The van der Waals surface area contributed by atoms with Crippen molar-refractivity contribution in [3.05, 3.63) is 65.0 Å². The van der Waals surface area contributed by atoms with Gasteiger partial charge in [0.15, 0.2) is 0 Å². The number of carbonyl (C=O) groups excluding carboxylic acids is 1.